The van der Waals surface area contributed by atoms with Gasteiger partial charge >= 0.3 is 0 Å². The molecule has 2 aromatic rings. The number of rotatable bonds is 3. The van der Waals surface area contributed by atoms with E-state index in [1.54, 1.807) is 24.3 Å². The van der Waals surface area contributed by atoms with Crippen LogP contribution in [0, 0.1) is 23.5 Å². The molecular formula is C14H11F4NS. The molecule has 0 radical (unpaired) electrons. The van der Waals surface area contributed by atoms with E-state index in [1.807, 2.05) is 13.8 Å². The van der Waals surface area contributed by atoms with Crippen LogP contribution in [0.1, 0.15) is 25.3 Å². The van der Waals surface area contributed by atoms with Gasteiger partial charge in [-0.1, -0.05) is 37.7 Å². The molecule has 0 spiro atoms. The van der Waals surface area contributed by atoms with Gasteiger partial charge in [0.2, 0.25) is 0 Å². The zero-order chi connectivity index (χ0) is 14.9. The van der Waals surface area contributed by atoms with E-state index in [0.717, 1.165) is 5.56 Å². The van der Waals surface area contributed by atoms with E-state index in [2.05, 4.69) is 4.98 Å². The molecule has 0 saturated carbocycles. The number of hydrogen-bond acceptors (Lipinski definition) is 2. The summed E-state index contributed by atoms with van der Waals surface area (Å²) >= 11 is 0.620. The summed E-state index contributed by atoms with van der Waals surface area (Å²) in [5.41, 5.74) is 1.06. The van der Waals surface area contributed by atoms with Gasteiger partial charge in [-0.15, -0.1) is 0 Å². The van der Waals surface area contributed by atoms with Crippen molar-refractivity contribution >= 4 is 11.8 Å². The Balaban J connectivity index is 2.35. The van der Waals surface area contributed by atoms with E-state index in [0.29, 0.717) is 22.6 Å². The minimum Gasteiger partial charge on any atom is -0.201 e. The van der Waals surface area contributed by atoms with Crippen molar-refractivity contribution in [1.82, 2.24) is 4.98 Å². The Morgan fingerprint density at radius 2 is 1.40 bits per heavy atom. The summed E-state index contributed by atoms with van der Waals surface area (Å²) in [7, 11) is 0. The van der Waals surface area contributed by atoms with Crippen LogP contribution in [0.25, 0.3) is 0 Å². The Bertz CT molecular complexity index is 600. The van der Waals surface area contributed by atoms with Gasteiger partial charge in [0, 0.05) is 4.90 Å². The van der Waals surface area contributed by atoms with Crippen molar-refractivity contribution in [1.29, 1.82) is 0 Å². The highest BCUT2D eigenvalue weighted by atomic mass is 32.2. The summed E-state index contributed by atoms with van der Waals surface area (Å²) in [6.45, 7) is 4.02. The molecule has 1 aromatic heterocycles. The summed E-state index contributed by atoms with van der Waals surface area (Å²) in [6, 6.07) is 6.90. The third kappa shape index (κ3) is 2.95. The van der Waals surface area contributed by atoms with E-state index in [1.165, 1.54) is 0 Å². The molecule has 0 aliphatic carbocycles. The molecule has 0 bridgehead atoms. The van der Waals surface area contributed by atoms with Crippen molar-refractivity contribution in [3.05, 3.63) is 53.4 Å². The number of nitrogens with zero attached hydrogens (tertiary/aromatic N) is 1. The zero-order valence-electron chi connectivity index (χ0n) is 10.8. The predicted molar refractivity (Wildman–Crippen MR) is 68.7 cm³/mol. The van der Waals surface area contributed by atoms with Crippen molar-refractivity contribution in [2.24, 2.45) is 0 Å². The molecule has 0 aliphatic heterocycles. The van der Waals surface area contributed by atoms with Gasteiger partial charge in [-0.2, -0.15) is 13.8 Å². The molecular weight excluding hydrogens is 290 g/mol. The monoisotopic (exact) mass is 301 g/mol. The van der Waals surface area contributed by atoms with Crippen LogP contribution in [0.5, 0.6) is 0 Å². The molecule has 0 amide bonds. The SMILES string of the molecule is CC(C)c1ccc(Sc2c(F)c(F)nc(F)c2F)cc1. The Hall–Kier alpha value is -1.56. The fraction of sp³-hybridized carbons (Fsp3) is 0.214. The first kappa shape index (κ1) is 14.8. The largest absolute Gasteiger partial charge is 0.252 e. The Kier molecular flexibility index (Phi) is 4.32. The Morgan fingerprint density at radius 1 is 0.900 bits per heavy atom. The molecule has 20 heavy (non-hydrogen) atoms. The molecule has 106 valence electrons. The third-order valence-corrected chi connectivity index (χ3v) is 3.79. The molecule has 1 nitrogen and oxygen atoms in total. The molecule has 0 aliphatic rings. The number of halogens is 4. The van der Waals surface area contributed by atoms with E-state index < -0.39 is 28.4 Å². The van der Waals surface area contributed by atoms with E-state index in [9.17, 15) is 17.6 Å². The van der Waals surface area contributed by atoms with Crippen molar-refractivity contribution in [3.8, 4) is 0 Å². The molecule has 1 heterocycles. The van der Waals surface area contributed by atoms with Crippen molar-refractivity contribution in [2.75, 3.05) is 0 Å². The Labute approximate surface area is 118 Å². The summed E-state index contributed by atoms with van der Waals surface area (Å²) in [6.07, 6.45) is 0. The minimum absolute atomic E-state index is 0.318. The number of hydrogen-bond donors (Lipinski definition) is 0. The summed E-state index contributed by atoms with van der Waals surface area (Å²) in [4.78, 5) is 2.27. The van der Waals surface area contributed by atoms with Gasteiger partial charge in [-0.3, -0.25) is 0 Å². The summed E-state index contributed by atoms with van der Waals surface area (Å²) in [5, 5.41) is 0. The smallest absolute Gasteiger partial charge is 0.201 e. The first-order valence-corrected chi connectivity index (χ1v) is 6.69. The van der Waals surface area contributed by atoms with Crippen LogP contribution in [-0.4, -0.2) is 4.98 Å². The normalized spacial score (nSPS) is 11.2. The second kappa shape index (κ2) is 5.83. The lowest BCUT2D eigenvalue weighted by atomic mass is 10.0. The second-order valence-electron chi connectivity index (χ2n) is 4.48. The predicted octanol–water partition coefficient (Wildman–Crippen LogP) is 4.91. The fourth-order valence-electron chi connectivity index (χ4n) is 1.60. The van der Waals surface area contributed by atoms with Crippen molar-refractivity contribution in [2.45, 2.75) is 29.6 Å². The van der Waals surface area contributed by atoms with Crippen LogP contribution in [0.2, 0.25) is 0 Å². The topological polar surface area (TPSA) is 12.9 Å². The molecule has 0 saturated heterocycles. The fourth-order valence-corrected chi connectivity index (χ4v) is 2.45. The maximum atomic E-state index is 13.5. The summed E-state index contributed by atoms with van der Waals surface area (Å²) in [5.74, 6) is -5.95. The molecule has 6 heteroatoms. The second-order valence-corrected chi connectivity index (χ2v) is 5.56. The van der Waals surface area contributed by atoms with E-state index in [4.69, 9.17) is 0 Å². The average molecular weight is 301 g/mol. The van der Waals surface area contributed by atoms with Crippen molar-refractivity contribution < 1.29 is 17.6 Å². The maximum Gasteiger partial charge on any atom is 0.252 e. The van der Waals surface area contributed by atoms with Crippen LogP contribution < -0.4 is 0 Å². The van der Waals surface area contributed by atoms with Gasteiger partial charge < -0.3 is 0 Å². The van der Waals surface area contributed by atoms with Gasteiger partial charge in [-0.25, -0.2) is 8.78 Å². The molecule has 2 rings (SSSR count). The first-order valence-electron chi connectivity index (χ1n) is 5.88. The molecule has 0 N–H and O–H groups in total. The Morgan fingerprint density at radius 3 is 1.85 bits per heavy atom. The third-order valence-electron chi connectivity index (χ3n) is 2.72. The van der Waals surface area contributed by atoms with Crippen LogP contribution in [-0.2, 0) is 0 Å². The van der Waals surface area contributed by atoms with Crippen LogP contribution in [0.4, 0.5) is 17.6 Å². The van der Waals surface area contributed by atoms with Gasteiger partial charge in [0.05, 0.1) is 4.90 Å². The zero-order valence-corrected chi connectivity index (χ0v) is 11.6. The standard InChI is InChI=1S/C14H11F4NS/c1-7(2)8-3-5-9(6-4-8)20-12-10(15)13(17)19-14(18)11(12)16/h3-7H,1-2H3. The van der Waals surface area contributed by atoms with Crippen molar-refractivity contribution in [3.63, 3.8) is 0 Å². The maximum absolute atomic E-state index is 13.5. The highest BCUT2D eigenvalue weighted by molar-refractivity contribution is 7.99. The van der Waals surface area contributed by atoms with E-state index >= 15 is 0 Å². The van der Waals surface area contributed by atoms with Crippen LogP contribution in [0.15, 0.2) is 34.1 Å². The van der Waals surface area contributed by atoms with E-state index in [-0.39, 0.29) is 0 Å². The van der Waals surface area contributed by atoms with Gasteiger partial charge in [0.25, 0.3) is 11.9 Å². The lowest BCUT2D eigenvalue weighted by molar-refractivity contribution is 0.383. The number of aromatic nitrogens is 1. The molecule has 0 unspecified atom stereocenters. The van der Waals surface area contributed by atoms with Gasteiger partial charge in [0.1, 0.15) is 0 Å². The van der Waals surface area contributed by atoms with Crippen LogP contribution in [0.3, 0.4) is 0 Å². The summed E-state index contributed by atoms with van der Waals surface area (Å²) < 4.78 is 52.9. The minimum atomic E-state index is -1.65. The van der Waals surface area contributed by atoms with Gasteiger partial charge in [0.15, 0.2) is 11.6 Å². The highest BCUT2D eigenvalue weighted by Crippen LogP contribution is 2.33. The highest BCUT2D eigenvalue weighted by Gasteiger charge is 2.21. The van der Waals surface area contributed by atoms with Crippen LogP contribution >= 0.6 is 11.8 Å². The number of pyridine rings is 1. The first-order chi connectivity index (χ1) is 9.40. The van der Waals surface area contributed by atoms with Gasteiger partial charge in [-0.05, 0) is 23.6 Å². The number of benzene rings is 1. The molecule has 0 atom stereocenters. The lowest BCUT2D eigenvalue weighted by Gasteiger charge is -2.08. The lowest BCUT2D eigenvalue weighted by Crippen LogP contribution is -2.01. The molecule has 1 aromatic carbocycles. The quantitative estimate of drug-likeness (QED) is 0.590. The average Bonchev–Trinajstić information content (AvgIpc) is 2.42. The molecule has 0 fully saturated rings.